The van der Waals surface area contributed by atoms with Crippen LogP contribution in [0.2, 0.25) is 0 Å². The molecule has 8 rings (SSSR count). The van der Waals surface area contributed by atoms with Crippen LogP contribution in [-0.2, 0) is 15.8 Å². The summed E-state index contributed by atoms with van der Waals surface area (Å²) in [6, 6.07) is 32.0. The summed E-state index contributed by atoms with van der Waals surface area (Å²) in [4.78, 5) is 2.37. The highest BCUT2D eigenvalue weighted by atomic mass is 16.5. The Kier molecular flexibility index (Phi) is 7.61. The highest BCUT2D eigenvalue weighted by molar-refractivity contribution is 6.09. The second-order valence-electron chi connectivity index (χ2n) is 13.1. The quantitative estimate of drug-likeness (QED) is 0.176. The minimum Gasteiger partial charge on any atom is -0.493 e. The molecule has 0 N–H and O–H groups in total. The van der Waals surface area contributed by atoms with Crippen molar-refractivity contribution in [1.29, 1.82) is 5.26 Å². The predicted octanol–water partition coefficient (Wildman–Crippen LogP) is 9.00. The molecule has 49 heavy (non-hydrogen) atoms. The summed E-state index contributed by atoms with van der Waals surface area (Å²) < 4.78 is 24.9. The number of methoxy groups -OCH3 is 2. The van der Waals surface area contributed by atoms with Crippen molar-refractivity contribution in [3.8, 4) is 34.4 Å². The molecular formula is C43H40N2O4. The first kappa shape index (κ1) is 31.0. The Bertz CT molecular complexity index is 2140. The van der Waals surface area contributed by atoms with Gasteiger partial charge in [0, 0.05) is 46.3 Å². The van der Waals surface area contributed by atoms with Gasteiger partial charge < -0.3 is 23.8 Å². The van der Waals surface area contributed by atoms with Crippen molar-refractivity contribution >= 4 is 22.5 Å². The average Bonchev–Trinajstić information content (AvgIpc) is 3.47. The van der Waals surface area contributed by atoms with Crippen molar-refractivity contribution in [2.45, 2.75) is 37.7 Å². The molecule has 0 spiro atoms. The summed E-state index contributed by atoms with van der Waals surface area (Å²) in [5, 5.41) is 11.9. The lowest BCUT2D eigenvalue weighted by atomic mass is 9.71. The van der Waals surface area contributed by atoms with Crippen LogP contribution in [0, 0.1) is 11.3 Å². The van der Waals surface area contributed by atoms with E-state index in [1.165, 1.54) is 22.4 Å². The van der Waals surface area contributed by atoms with Crippen molar-refractivity contribution in [1.82, 2.24) is 0 Å². The van der Waals surface area contributed by atoms with E-state index in [4.69, 9.17) is 18.9 Å². The summed E-state index contributed by atoms with van der Waals surface area (Å²) >= 11 is 0. The molecule has 6 heteroatoms. The predicted molar refractivity (Wildman–Crippen MR) is 195 cm³/mol. The zero-order valence-electron chi connectivity index (χ0n) is 28.5. The molecule has 246 valence electrons. The molecule has 2 aliphatic heterocycles. The van der Waals surface area contributed by atoms with Gasteiger partial charge in [0.15, 0.2) is 17.1 Å². The van der Waals surface area contributed by atoms with Crippen LogP contribution in [0.3, 0.4) is 0 Å². The topological polar surface area (TPSA) is 64.0 Å². The zero-order valence-corrected chi connectivity index (χ0v) is 28.5. The van der Waals surface area contributed by atoms with E-state index in [2.05, 4.69) is 110 Å². The smallest absolute Gasteiger partial charge is 0.178 e. The SMILES string of the molecule is CCC1(CC)c2cc(C#N)ccc2-c2c1c1c(c3cc(OC)c(OC)cc23)OC(c2ccccc2)(c2ccc(N3CCOCC3)cc2)C=C1. The first-order valence-corrected chi connectivity index (χ1v) is 17.2. The monoisotopic (exact) mass is 648 g/mol. The van der Waals surface area contributed by atoms with Crippen molar-refractivity contribution < 1.29 is 18.9 Å². The van der Waals surface area contributed by atoms with Crippen LogP contribution in [0.5, 0.6) is 17.2 Å². The third-order valence-electron chi connectivity index (χ3n) is 11.0. The highest BCUT2D eigenvalue weighted by Crippen LogP contribution is 2.61. The van der Waals surface area contributed by atoms with Gasteiger partial charge in [0.25, 0.3) is 0 Å². The largest absolute Gasteiger partial charge is 0.493 e. The van der Waals surface area contributed by atoms with Gasteiger partial charge in [-0.1, -0.05) is 68.5 Å². The maximum Gasteiger partial charge on any atom is 0.178 e. The lowest BCUT2D eigenvalue weighted by Crippen LogP contribution is -2.37. The zero-order chi connectivity index (χ0) is 33.8. The molecule has 0 radical (unpaired) electrons. The normalized spacial score (nSPS) is 18.6. The third-order valence-corrected chi connectivity index (χ3v) is 11.0. The average molecular weight is 649 g/mol. The van der Waals surface area contributed by atoms with Gasteiger partial charge >= 0.3 is 0 Å². The molecule has 5 aromatic rings. The molecule has 2 heterocycles. The summed E-state index contributed by atoms with van der Waals surface area (Å²) in [6.07, 6.45) is 6.28. The lowest BCUT2D eigenvalue weighted by molar-refractivity contribution is 0.122. The van der Waals surface area contributed by atoms with Gasteiger partial charge in [-0.05, 0) is 83.0 Å². The van der Waals surface area contributed by atoms with E-state index < -0.39 is 5.60 Å². The molecule has 6 nitrogen and oxygen atoms in total. The number of anilines is 1. The second kappa shape index (κ2) is 12.0. The Labute approximate surface area is 288 Å². The van der Waals surface area contributed by atoms with E-state index in [1.54, 1.807) is 14.2 Å². The summed E-state index contributed by atoms with van der Waals surface area (Å²) in [5.41, 5.74) is 8.61. The van der Waals surface area contributed by atoms with Gasteiger partial charge in [-0.15, -0.1) is 0 Å². The Morgan fingerprint density at radius 3 is 2.14 bits per heavy atom. The van der Waals surface area contributed by atoms with Crippen LogP contribution in [0.15, 0.2) is 91.0 Å². The Morgan fingerprint density at radius 2 is 1.49 bits per heavy atom. The van der Waals surface area contributed by atoms with E-state index in [-0.39, 0.29) is 5.41 Å². The molecule has 0 amide bonds. The maximum absolute atomic E-state index is 9.94. The minimum atomic E-state index is -0.882. The Hall–Kier alpha value is -5.25. The van der Waals surface area contributed by atoms with E-state index in [9.17, 15) is 5.26 Å². The molecule has 0 bridgehead atoms. The van der Waals surface area contributed by atoms with Crippen LogP contribution in [0.1, 0.15) is 60.1 Å². The fraction of sp³-hybridized carbons (Fsp3) is 0.279. The van der Waals surface area contributed by atoms with Gasteiger partial charge in [0.05, 0.1) is 39.1 Å². The molecule has 1 unspecified atom stereocenters. The standard InChI is InChI=1S/C43H40N2O4/c1-5-42(6-2)36-24-28(27-44)12-17-32(36)39-34-25-37(46-3)38(47-4)26-35(34)41-33(40(39)42)18-19-43(49-41,29-10-8-7-9-11-29)30-13-15-31(16-14-30)45-20-22-48-23-21-45/h7-19,24-26H,5-6,20-23H2,1-4H3. The summed E-state index contributed by atoms with van der Waals surface area (Å²) in [7, 11) is 3.35. The van der Waals surface area contributed by atoms with Crippen molar-refractivity contribution in [2.24, 2.45) is 0 Å². The second-order valence-corrected chi connectivity index (χ2v) is 13.1. The third kappa shape index (κ3) is 4.56. The van der Waals surface area contributed by atoms with Gasteiger partial charge in [0.1, 0.15) is 5.75 Å². The number of hydrogen-bond donors (Lipinski definition) is 0. The molecule has 1 fully saturated rings. The number of morpholine rings is 1. The van der Waals surface area contributed by atoms with E-state index in [1.807, 2.05) is 12.1 Å². The Morgan fingerprint density at radius 1 is 0.816 bits per heavy atom. The number of nitriles is 1. The Balaban J connectivity index is 1.42. The molecule has 0 aromatic heterocycles. The summed E-state index contributed by atoms with van der Waals surface area (Å²) in [5.74, 6) is 2.13. The van der Waals surface area contributed by atoms with Crippen LogP contribution in [-0.4, -0.2) is 40.5 Å². The lowest BCUT2D eigenvalue weighted by Gasteiger charge is -2.39. The van der Waals surface area contributed by atoms with Crippen LogP contribution in [0.25, 0.3) is 28.0 Å². The van der Waals surface area contributed by atoms with E-state index in [0.29, 0.717) is 17.1 Å². The van der Waals surface area contributed by atoms with Crippen LogP contribution < -0.4 is 19.1 Å². The first-order valence-electron chi connectivity index (χ1n) is 17.2. The van der Waals surface area contributed by atoms with Gasteiger partial charge in [-0.25, -0.2) is 0 Å². The molecule has 1 atom stereocenters. The van der Waals surface area contributed by atoms with Crippen LogP contribution >= 0.6 is 0 Å². The molecular weight excluding hydrogens is 608 g/mol. The maximum atomic E-state index is 9.94. The van der Waals surface area contributed by atoms with Gasteiger partial charge in [0.2, 0.25) is 0 Å². The van der Waals surface area contributed by atoms with Crippen molar-refractivity contribution in [2.75, 3.05) is 45.4 Å². The fourth-order valence-electron chi connectivity index (χ4n) is 8.49. The highest BCUT2D eigenvalue weighted by Gasteiger charge is 2.47. The number of ether oxygens (including phenoxy) is 4. The van der Waals surface area contributed by atoms with E-state index in [0.717, 1.165) is 77.9 Å². The molecule has 1 aliphatic carbocycles. The van der Waals surface area contributed by atoms with Gasteiger partial charge in [-0.2, -0.15) is 5.26 Å². The van der Waals surface area contributed by atoms with Crippen molar-refractivity contribution in [3.05, 3.63) is 124 Å². The number of nitrogens with zero attached hydrogens (tertiary/aromatic N) is 2. The minimum absolute atomic E-state index is 0.302. The molecule has 0 saturated carbocycles. The molecule has 1 saturated heterocycles. The first-order chi connectivity index (χ1) is 24.0. The van der Waals surface area contributed by atoms with E-state index >= 15 is 0 Å². The fourth-order valence-corrected chi connectivity index (χ4v) is 8.49. The molecule has 5 aromatic carbocycles. The number of benzene rings is 5. The summed E-state index contributed by atoms with van der Waals surface area (Å²) in [6.45, 7) is 7.74. The number of fused-ring (bicyclic) bond motifs is 8. The van der Waals surface area contributed by atoms with Crippen LogP contribution in [0.4, 0.5) is 5.69 Å². The van der Waals surface area contributed by atoms with Gasteiger partial charge in [-0.3, -0.25) is 0 Å². The van der Waals surface area contributed by atoms with Crippen molar-refractivity contribution in [3.63, 3.8) is 0 Å². The molecule has 3 aliphatic rings. The number of hydrogen-bond acceptors (Lipinski definition) is 6. The number of rotatable bonds is 7.